The summed E-state index contributed by atoms with van der Waals surface area (Å²) in [5.74, 6) is -1.22. The quantitative estimate of drug-likeness (QED) is 0.659. The molecule has 4 rings (SSSR count). The number of carbonyl (C=O) groups is 1. The highest BCUT2D eigenvalue weighted by atomic mass is 19.1. The topological polar surface area (TPSA) is 48.5 Å². The standard InChI is InChI=1S/C24H24F2N4O/c25-19-7-9-20(10-8-19)29-12-14-30(15-13-29)23(18-4-3-11-27-16-18)17-28-24(31)21-5-1-2-6-22(21)26/h1-11,16,23H,12-15,17H2,(H,28,31)/t23-/m0/s1. The molecule has 1 amide bonds. The van der Waals surface area contributed by atoms with E-state index in [0.29, 0.717) is 6.54 Å². The van der Waals surface area contributed by atoms with Crippen molar-refractivity contribution in [3.63, 3.8) is 0 Å². The van der Waals surface area contributed by atoms with Gasteiger partial charge in [0.1, 0.15) is 11.6 Å². The summed E-state index contributed by atoms with van der Waals surface area (Å²) in [4.78, 5) is 21.3. The molecule has 0 radical (unpaired) electrons. The van der Waals surface area contributed by atoms with Crippen LogP contribution in [0.3, 0.4) is 0 Å². The maximum absolute atomic E-state index is 14.0. The fourth-order valence-electron chi connectivity index (χ4n) is 3.90. The van der Waals surface area contributed by atoms with Gasteiger partial charge in [0.15, 0.2) is 0 Å². The van der Waals surface area contributed by atoms with Crippen LogP contribution in [0.25, 0.3) is 0 Å². The molecule has 0 unspecified atom stereocenters. The lowest BCUT2D eigenvalue weighted by atomic mass is 10.1. The van der Waals surface area contributed by atoms with Crippen molar-refractivity contribution >= 4 is 11.6 Å². The number of halogens is 2. The van der Waals surface area contributed by atoms with Crippen LogP contribution >= 0.6 is 0 Å². The number of benzene rings is 2. The first-order valence-corrected chi connectivity index (χ1v) is 10.3. The minimum atomic E-state index is -0.536. The van der Waals surface area contributed by atoms with Gasteiger partial charge in [0, 0.05) is 50.8 Å². The number of piperazine rings is 1. The molecule has 2 aromatic carbocycles. The van der Waals surface area contributed by atoms with Crippen LogP contribution in [0.4, 0.5) is 14.5 Å². The molecule has 1 saturated heterocycles. The summed E-state index contributed by atoms with van der Waals surface area (Å²) in [6.07, 6.45) is 3.51. The molecular weight excluding hydrogens is 398 g/mol. The smallest absolute Gasteiger partial charge is 0.254 e. The Morgan fingerprint density at radius 2 is 1.71 bits per heavy atom. The van der Waals surface area contributed by atoms with Crippen LogP contribution in [0.1, 0.15) is 22.0 Å². The predicted molar refractivity (Wildman–Crippen MR) is 116 cm³/mol. The molecule has 0 bridgehead atoms. The fraction of sp³-hybridized carbons (Fsp3) is 0.250. The Balaban J connectivity index is 1.44. The van der Waals surface area contributed by atoms with Gasteiger partial charge < -0.3 is 10.2 Å². The Bertz CT molecular complexity index is 1010. The van der Waals surface area contributed by atoms with E-state index < -0.39 is 11.7 Å². The van der Waals surface area contributed by atoms with Gasteiger partial charge >= 0.3 is 0 Å². The number of anilines is 1. The normalized spacial score (nSPS) is 15.5. The van der Waals surface area contributed by atoms with E-state index in [0.717, 1.165) is 37.4 Å². The molecule has 1 N–H and O–H groups in total. The van der Waals surface area contributed by atoms with Gasteiger partial charge in [0.25, 0.3) is 5.91 Å². The SMILES string of the molecule is O=C(NC[C@@H](c1cccnc1)N1CCN(c2ccc(F)cc2)CC1)c1ccccc1F. The first-order valence-electron chi connectivity index (χ1n) is 10.3. The highest BCUT2D eigenvalue weighted by Crippen LogP contribution is 2.24. The molecule has 0 spiro atoms. The van der Waals surface area contributed by atoms with Gasteiger partial charge in [-0.3, -0.25) is 14.7 Å². The molecule has 1 aliphatic rings. The molecule has 1 aliphatic heterocycles. The molecule has 1 atom stereocenters. The lowest BCUT2D eigenvalue weighted by Crippen LogP contribution is -2.50. The lowest BCUT2D eigenvalue weighted by molar-refractivity contribution is 0.0926. The number of nitrogens with one attached hydrogen (secondary N) is 1. The molecule has 1 aromatic heterocycles. The van der Waals surface area contributed by atoms with E-state index in [4.69, 9.17) is 0 Å². The van der Waals surface area contributed by atoms with Gasteiger partial charge in [-0.25, -0.2) is 8.78 Å². The minimum absolute atomic E-state index is 0.0357. The summed E-state index contributed by atoms with van der Waals surface area (Å²) in [6, 6.07) is 16.3. The van der Waals surface area contributed by atoms with Crippen molar-refractivity contribution in [2.75, 3.05) is 37.6 Å². The first kappa shape index (κ1) is 20.9. The number of nitrogens with zero attached hydrogens (tertiary/aromatic N) is 3. The third kappa shape index (κ3) is 5.06. The van der Waals surface area contributed by atoms with Crippen LogP contribution in [0.15, 0.2) is 73.1 Å². The number of hydrogen-bond acceptors (Lipinski definition) is 4. The molecule has 1 fully saturated rings. The number of amides is 1. The van der Waals surface area contributed by atoms with E-state index in [1.807, 2.05) is 12.1 Å². The second-order valence-corrected chi connectivity index (χ2v) is 7.49. The number of pyridine rings is 1. The molecule has 7 heteroatoms. The van der Waals surface area contributed by atoms with E-state index in [2.05, 4.69) is 20.1 Å². The zero-order chi connectivity index (χ0) is 21.6. The van der Waals surface area contributed by atoms with Gasteiger partial charge in [0.05, 0.1) is 11.6 Å². The zero-order valence-corrected chi connectivity index (χ0v) is 17.0. The van der Waals surface area contributed by atoms with Gasteiger partial charge in [-0.2, -0.15) is 0 Å². The van der Waals surface area contributed by atoms with Crippen molar-refractivity contribution in [1.82, 2.24) is 15.2 Å². The van der Waals surface area contributed by atoms with E-state index in [1.54, 1.807) is 36.7 Å². The Labute approximate surface area is 180 Å². The van der Waals surface area contributed by atoms with Crippen LogP contribution in [-0.2, 0) is 0 Å². The van der Waals surface area contributed by atoms with Crippen LogP contribution in [-0.4, -0.2) is 48.5 Å². The molecule has 3 aromatic rings. The molecule has 5 nitrogen and oxygen atoms in total. The van der Waals surface area contributed by atoms with Gasteiger partial charge in [-0.15, -0.1) is 0 Å². The Morgan fingerprint density at radius 1 is 0.968 bits per heavy atom. The Kier molecular flexibility index (Phi) is 6.52. The van der Waals surface area contributed by atoms with Crippen molar-refractivity contribution in [2.45, 2.75) is 6.04 Å². The summed E-state index contributed by atoms with van der Waals surface area (Å²) in [7, 11) is 0. The number of aromatic nitrogens is 1. The maximum atomic E-state index is 14.0. The van der Waals surface area contributed by atoms with Crippen molar-refractivity contribution < 1.29 is 13.6 Å². The lowest BCUT2D eigenvalue weighted by Gasteiger charge is -2.40. The summed E-state index contributed by atoms with van der Waals surface area (Å²) < 4.78 is 27.2. The number of hydrogen-bond donors (Lipinski definition) is 1. The minimum Gasteiger partial charge on any atom is -0.369 e. The van der Waals surface area contributed by atoms with Gasteiger partial charge in [0.2, 0.25) is 0 Å². The molecule has 160 valence electrons. The fourth-order valence-corrected chi connectivity index (χ4v) is 3.90. The van der Waals surface area contributed by atoms with Gasteiger partial charge in [-0.05, 0) is 48.0 Å². The summed E-state index contributed by atoms with van der Waals surface area (Å²) in [5, 5.41) is 2.88. The molecule has 0 saturated carbocycles. The summed E-state index contributed by atoms with van der Waals surface area (Å²) in [5.41, 5.74) is 2.02. The number of rotatable bonds is 6. The average Bonchev–Trinajstić information content (AvgIpc) is 2.81. The number of carbonyl (C=O) groups excluding carboxylic acids is 1. The second-order valence-electron chi connectivity index (χ2n) is 7.49. The van der Waals surface area contributed by atoms with Crippen molar-refractivity contribution in [3.05, 3.63) is 95.8 Å². The van der Waals surface area contributed by atoms with Crippen molar-refractivity contribution in [3.8, 4) is 0 Å². The van der Waals surface area contributed by atoms with E-state index in [1.165, 1.54) is 24.3 Å². The second kappa shape index (κ2) is 9.66. The maximum Gasteiger partial charge on any atom is 0.254 e. The molecule has 0 aliphatic carbocycles. The zero-order valence-electron chi connectivity index (χ0n) is 17.0. The van der Waals surface area contributed by atoms with Gasteiger partial charge in [-0.1, -0.05) is 18.2 Å². The van der Waals surface area contributed by atoms with Crippen molar-refractivity contribution in [2.24, 2.45) is 0 Å². The largest absolute Gasteiger partial charge is 0.369 e. The Hall–Kier alpha value is -3.32. The van der Waals surface area contributed by atoms with E-state index >= 15 is 0 Å². The monoisotopic (exact) mass is 422 g/mol. The van der Waals surface area contributed by atoms with E-state index in [-0.39, 0.29) is 17.4 Å². The molecule has 2 heterocycles. The molecule has 31 heavy (non-hydrogen) atoms. The van der Waals surface area contributed by atoms with Crippen LogP contribution in [0, 0.1) is 11.6 Å². The van der Waals surface area contributed by atoms with E-state index in [9.17, 15) is 13.6 Å². The summed E-state index contributed by atoms with van der Waals surface area (Å²) in [6.45, 7) is 3.45. The van der Waals surface area contributed by atoms with Crippen LogP contribution in [0.5, 0.6) is 0 Å². The third-order valence-electron chi connectivity index (χ3n) is 5.59. The third-order valence-corrected chi connectivity index (χ3v) is 5.59. The van der Waals surface area contributed by atoms with Crippen LogP contribution in [0.2, 0.25) is 0 Å². The predicted octanol–water partition coefficient (Wildman–Crippen LogP) is 3.65. The first-order chi connectivity index (χ1) is 15.1. The Morgan fingerprint density at radius 3 is 2.39 bits per heavy atom. The van der Waals surface area contributed by atoms with Crippen molar-refractivity contribution in [1.29, 1.82) is 0 Å². The summed E-state index contributed by atoms with van der Waals surface area (Å²) >= 11 is 0. The molecular formula is C24H24F2N4O. The highest BCUT2D eigenvalue weighted by Gasteiger charge is 2.26. The highest BCUT2D eigenvalue weighted by molar-refractivity contribution is 5.94. The van der Waals surface area contributed by atoms with Crippen LogP contribution < -0.4 is 10.2 Å². The average molecular weight is 422 g/mol.